The fourth-order valence-corrected chi connectivity index (χ4v) is 3.56. The van der Waals surface area contributed by atoms with Crippen molar-refractivity contribution in [2.24, 2.45) is 0 Å². The Morgan fingerprint density at radius 2 is 1.85 bits per heavy atom. The number of nitrogens with zero attached hydrogens (tertiary/aromatic N) is 2. The quantitative estimate of drug-likeness (QED) is 0.507. The van der Waals surface area contributed by atoms with Gasteiger partial charge in [-0.3, -0.25) is 4.79 Å². The van der Waals surface area contributed by atoms with Crippen LogP contribution in [0.3, 0.4) is 0 Å². The number of amides is 1. The van der Waals surface area contributed by atoms with Gasteiger partial charge >= 0.3 is 0 Å². The average molecular weight is 354 g/mol. The van der Waals surface area contributed by atoms with E-state index in [1.807, 2.05) is 54.6 Å². The molecule has 0 aliphatic carbocycles. The molecule has 4 aromatic rings. The highest BCUT2D eigenvalue weighted by atomic mass is 16.3. The molecule has 27 heavy (non-hydrogen) atoms. The van der Waals surface area contributed by atoms with E-state index in [1.165, 1.54) is 5.56 Å². The second-order valence-electron chi connectivity index (χ2n) is 6.77. The Bertz CT molecular complexity index is 1160. The van der Waals surface area contributed by atoms with Crippen LogP contribution < -0.4 is 4.90 Å². The van der Waals surface area contributed by atoms with Crippen molar-refractivity contribution in [3.05, 3.63) is 83.4 Å². The monoisotopic (exact) mass is 354 g/mol. The third kappa shape index (κ3) is 2.61. The molecular weight excluding hydrogens is 336 g/mol. The van der Waals surface area contributed by atoms with E-state index < -0.39 is 0 Å². The number of rotatable bonds is 3. The maximum Gasteiger partial charge on any atom is 0.258 e. The summed E-state index contributed by atoms with van der Waals surface area (Å²) in [5.74, 6) is 0.646. The molecule has 2 heterocycles. The summed E-state index contributed by atoms with van der Waals surface area (Å²) in [7, 11) is 0. The first-order chi connectivity index (χ1) is 13.2. The molecule has 0 spiro atoms. The predicted octanol–water partition coefficient (Wildman–Crippen LogP) is 5.22. The lowest BCUT2D eigenvalue weighted by Crippen LogP contribution is -2.22. The molecule has 132 valence electrons. The van der Waals surface area contributed by atoms with Gasteiger partial charge in [-0.15, -0.1) is 0 Å². The SMILES string of the molecule is CCc1ccc2oc(-c3ccc(N4Cc5ccccc5C4=O)cc3)nc2c1. The Morgan fingerprint density at radius 1 is 1.04 bits per heavy atom. The lowest BCUT2D eigenvalue weighted by Gasteiger charge is -2.15. The molecule has 0 bridgehead atoms. The van der Waals surface area contributed by atoms with E-state index in [-0.39, 0.29) is 5.91 Å². The van der Waals surface area contributed by atoms with Crippen LogP contribution in [0.5, 0.6) is 0 Å². The first-order valence-corrected chi connectivity index (χ1v) is 9.12. The summed E-state index contributed by atoms with van der Waals surface area (Å²) in [5, 5.41) is 0. The highest BCUT2D eigenvalue weighted by Crippen LogP contribution is 2.31. The molecule has 0 N–H and O–H groups in total. The van der Waals surface area contributed by atoms with Crippen molar-refractivity contribution in [3.8, 4) is 11.5 Å². The summed E-state index contributed by atoms with van der Waals surface area (Å²) in [5.41, 5.74) is 6.53. The topological polar surface area (TPSA) is 46.3 Å². The van der Waals surface area contributed by atoms with Gasteiger partial charge in [-0.25, -0.2) is 4.98 Å². The van der Waals surface area contributed by atoms with Gasteiger partial charge in [-0.1, -0.05) is 31.2 Å². The Balaban J connectivity index is 1.45. The molecular formula is C23H18N2O2. The molecule has 0 fully saturated rings. The second-order valence-corrected chi connectivity index (χ2v) is 6.77. The molecule has 1 aliphatic rings. The van der Waals surface area contributed by atoms with E-state index >= 15 is 0 Å². The third-order valence-electron chi connectivity index (χ3n) is 5.11. The number of aromatic nitrogens is 1. The average Bonchev–Trinajstić information content (AvgIpc) is 3.29. The zero-order valence-corrected chi connectivity index (χ0v) is 15.0. The Kier molecular flexibility index (Phi) is 3.57. The zero-order valence-electron chi connectivity index (χ0n) is 15.0. The van der Waals surface area contributed by atoms with Crippen molar-refractivity contribution >= 4 is 22.7 Å². The standard InChI is InChI=1S/C23H18N2O2/c1-2-15-7-12-21-20(13-15)24-22(27-21)16-8-10-18(11-9-16)25-14-17-5-3-4-6-19(17)23(25)26/h3-13H,2,14H2,1H3. The molecule has 0 saturated heterocycles. The number of carbonyl (C=O) groups excluding carboxylic acids is 1. The molecule has 3 aromatic carbocycles. The van der Waals surface area contributed by atoms with E-state index in [0.29, 0.717) is 12.4 Å². The lowest BCUT2D eigenvalue weighted by molar-refractivity contribution is 0.0996. The van der Waals surface area contributed by atoms with Gasteiger partial charge in [0.05, 0.1) is 6.54 Å². The van der Waals surface area contributed by atoms with Crippen LogP contribution in [0.4, 0.5) is 5.69 Å². The van der Waals surface area contributed by atoms with Gasteiger partial charge in [0.2, 0.25) is 5.89 Å². The van der Waals surface area contributed by atoms with Crippen LogP contribution in [0.2, 0.25) is 0 Å². The van der Waals surface area contributed by atoms with Crippen LogP contribution in [-0.2, 0) is 13.0 Å². The van der Waals surface area contributed by atoms with E-state index in [9.17, 15) is 4.79 Å². The van der Waals surface area contributed by atoms with Gasteiger partial charge in [-0.2, -0.15) is 0 Å². The Hall–Kier alpha value is -3.40. The number of carbonyl (C=O) groups is 1. The van der Waals surface area contributed by atoms with E-state index in [4.69, 9.17) is 4.42 Å². The molecule has 0 radical (unpaired) electrons. The summed E-state index contributed by atoms with van der Waals surface area (Å²) in [6.07, 6.45) is 0.971. The van der Waals surface area contributed by atoms with Gasteiger partial charge in [0.25, 0.3) is 5.91 Å². The van der Waals surface area contributed by atoms with E-state index in [1.54, 1.807) is 4.90 Å². The highest BCUT2D eigenvalue weighted by Gasteiger charge is 2.27. The molecule has 4 nitrogen and oxygen atoms in total. The van der Waals surface area contributed by atoms with Crippen molar-refractivity contribution < 1.29 is 9.21 Å². The van der Waals surface area contributed by atoms with Crippen LogP contribution in [-0.4, -0.2) is 10.9 Å². The lowest BCUT2D eigenvalue weighted by atomic mass is 10.1. The van der Waals surface area contributed by atoms with Crippen molar-refractivity contribution in [2.75, 3.05) is 4.90 Å². The number of hydrogen-bond donors (Lipinski definition) is 0. The fraction of sp³-hybridized carbons (Fsp3) is 0.130. The number of benzene rings is 3. The minimum atomic E-state index is 0.0484. The molecule has 1 aromatic heterocycles. The van der Waals surface area contributed by atoms with E-state index in [0.717, 1.165) is 39.9 Å². The van der Waals surface area contributed by atoms with Crippen LogP contribution in [0.25, 0.3) is 22.6 Å². The molecule has 1 amide bonds. The first-order valence-electron chi connectivity index (χ1n) is 9.12. The molecule has 0 saturated carbocycles. The molecule has 0 unspecified atom stereocenters. The smallest absolute Gasteiger partial charge is 0.258 e. The maximum absolute atomic E-state index is 12.6. The predicted molar refractivity (Wildman–Crippen MR) is 106 cm³/mol. The zero-order chi connectivity index (χ0) is 18.4. The number of fused-ring (bicyclic) bond motifs is 2. The van der Waals surface area contributed by atoms with Gasteiger partial charge in [0.15, 0.2) is 5.58 Å². The third-order valence-corrected chi connectivity index (χ3v) is 5.11. The molecule has 5 rings (SSSR count). The summed E-state index contributed by atoms with van der Waals surface area (Å²) in [4.78, 5) is 19.0. The minimum Gasteiger partial charge on any atom is -0.436 e. The van der Waals surface area contributed by atoms with Crippen molar-refractivity contribution in [2.45, 2.75) is 19.9 Å². The maximum atomic E-state index is 12.6. The molecule has 0 atom stereocenters. The van der Waals surface area contributed by atoms with Gasteiger partial charge < -0.3 is 9.32 Å². The second kappa shape index (κ2) is 6.09. The van der Waals surface area contributed by atoms with Gasteiger partial charge in [0, 0.05) is 16.8 Å². The Morgan fingerprint density at radius 3 is 2.63 bits per heavy atom. The number of oxazole rings is 1. The van der Waals surface area contributed by atoms with E-state index in [2.05, 4.69) is 24.0 Å². The summed E-state index contributed by atoms with van der Waals surface area (Å²) in [6.45, 7) is 2.73. The minimum absolute atomic E-state index is 0.0484. The molecule has 1 aliphatic heterocycles. The van der Waals surface area contributed by atoms with Crippen molar-refractivity contribution in [1.29, 1.82) is 0 Å². The number of hydrogen-bond acceptors (Lipinski definition) is 3. The normalized spacial score (nSPS) is 13.4. The van der Waals surface area contributed by atoms with Crippen LogP contribution in [0.15, 0.2) is 71.1 Å². The number of aryl methyl sites for hydroxylation is 1. The number of anilines is 1. The van der Waals surface area contributed by atoms with Gasteiger partial charge in [0.1, 0.15) is 5.52 Å². The van der Waals surface area contributed by atoms with Crippen LogP contribution in [0, 0.1) is 0 Å². The molecule has 4 heteroatoms. The summed E-state index contributed by atoms with van der Waals surface area (Å²) >= 11 is 0. The van der Waals surface area contributed by atoms with Crippen molar-refractivity contribution in [1.82, 2.24) is 4.98 Å². The first kappa shape index (κ1) is 15.8. The van der Waals surface area contributed by atoms with Crippen LogP contribution >= 0.6 is 0 Å². The van der Waals surface area contributed by atoms with Crippen molar-refractivity contribution in [3.63, 3.8) is 0 Å². The summed E-state index contributed by atoms with van der Waals surface area (Å²) < 4.78 is 5.90. The Labute approximate surface area is 157 Å². The summed E-state index contributed by atoms with van der Waals surface area (Å²) in [6, 6.07) is 21.7. The largest absolute Gasteiger partial charge is 0.436 e. The van der Waals surface area contributed by atoms with Crippen LogP contribution in [0.1, 0.15) is 28.4 Å². The van der Waals surface area contributed by atoms with Gasteiger partial charge in [-0.05, 0) is 60.0 Å². The highest BCUT2D eigenvalue weighted by molar-refractivity contribution is 6.10. The fourth-order valence-electron chi connectivity index (χ4n) is 3.56.